The molecule has 0 saturated heterocycles. The summed E-state index contributed by atoms with van der Waals surface area (Å²) in [6.07, 6.45) is 3.40. The Bertz CT molecular complexity index is 1180. The number of nitrogens with zero attached hydrogens (tertiary/aromatic N) is 1. The van der Waals surface area contributed by atoms with Crippen LogP contribution in [-0.4, -0.2) is 24.6 Å². The molecular weight excluding hydrogens is 489 g/mol. The van der Waals surface area contributed by atoms with Crippen molar-refractivity contribution in [3.63, 3.8) is 0 Å². The summed E-state index contributed by atoms with van der Waals surface area (Å²) >= 11 is 12.1. The molecule has 3 aromatic carbocycles. The van der Waals surface area contributed by atoms with Gasteiger partial charge in [0.15, 0.2) is 0 Å². The number of rotatable bonds is 10. The fraction of sp³-hybridized carbons (Fsp3) is 0.192. The first-order chi connectivity index (χ1) is 17.0. The number of hydrogen-bond donors (Lipinski definition) is 2. The highest BCUT2D eigenvalue weighted by molar-refractivity contribution is 6.39. The highest BCUT2D eigenvalue weighted by Gasteiger charge is 2.13. The smallest absolute Gasteiger partial charge is 0.329 e. The molecule has 0 aromatic heterocycles. The highest BCUT2D eigenvalue weighted by atomic mass is 35.5. The van der Waals surface area contributed by atoms with Gasteiger partial charge in [-0.05, 0) is 55.0 Å². The van der Waals surface area contributed by atoms with Crippen LogP contribution in [0.25, 0.3) is 0 Å². The summed E-state index contributed by atoms with van der Waals surface area (Å²) in [5.41, 5.74) is 4.06. The molecule has 0 fully saturated rings. The zero-order valence-corrected chi connectivity index (χ0v) is 20.6. The maximum atomic E-state index is 12.2. The van der Waals surface area contributed by atoms with E-state index in [4.69, 9.17) is 32.7 Å². The molecule has 0 spiro atoms. The van der Waals surface area contributed by atoms with E-state index in [-0.39, 0.29) is 6.61 Å². The molecule has 0 aliphatic carbocycles. The van der Waals surface area contributed by atoms with Crippen molar-refractivity contribution in [3.8, 4) is 11.5 Å². The summed E-state index contributed by atoms with van der Waals surface area (Å²) < 4.78 is 11.4. The minimum Gasteiger partial charge on any atom is -0.494 e. The molecule has 9 heteroatoms. The van der Waals surface area contributed by atoms with Gasteiger partial charge in [-0.15, -0.1) is 0 Å². The van der Waals surface area contributed by atoms with E-state index in [9.17, 15) is 9.59 Å². The molecule has 0 atom stereocenters. The van der Waals surface area contributed by atoms with Crippen molar-refractivity contribution >= 4 is 46.9 Å². The van der Waals surface area contributed by atoms with Crippen molar-refractivity contribution in [1.29, 1.82) is 0 Å². The largest absolute Gasteiger partial charge is 0.494 e. The zero-order chi connectivity index (χ0) is 25.0. The Hall–Kier alpha value is -3.55. The van der Waals surface area contributed by atoms with Gasteiger partial charge in [-0.1, -0.05) is 54.7 Å². The number of hydrogen-bond acceptors (Lipinski definition) is 5. The average Bonchev–Trinajstić information content (AvgIpc) is 2.85. The second-order valence-electron chi connectivity index (χ2n) is 7.44. The molecule has 0 heterocycles. The lowest BCUT2D eigenvalue weighted by Crippen LogP contribution is -2.32. The van der Waals surface area contributed by atoms with Gasteiger partial charge in [-0.3, -0.25) is 9.59 Å². The summed E-state index contributed by atoms with van der Waals surface area (Å²) in [6.45, 7) is 2.94. The number of halogens is 2. The topological polar surface area (TPSA) is 89.0 Å². The van der Waals surface area contributed by atoms with Crippen LogP contribution in [0.5, 0.6) is 11.5 Å². The maximum Gasteiger partial charge on any atom is 0.329 e. The quantitative estimate of drug-likeness (QED) is 0.154. The van der Waals surface area contributed by atoms with Crippen LogP contribution in [0, 0.1) is 0 Å². The van der Waals surface area contributed by atoms with E-state index < -0.39 is 11.8 Å². The predicted molar refractivity (Wildman–Crippen MR) is 138 cm³/mol. The number of carbonyl (C=O) groups is 2. The molecule has 0 radical (unpaired) electrons. The van der Waals surface area contributed by atoms with Crippen LogP contribution < -0.4 is 20.2 Å². The molecule has 35 heavy (non-hydrogen) atoms. The standard InChI is InChI=1S/C26H25Cl2N3O4/c1-2-3-14-34-22-12-10-21(11-13-22)30-25(32)26(33)31-29-16-18-6-4-5-7-24(18)35-17-19-8-9-20(27)15-23(19)28/h4-13,15-16H,2-3,14,17H2,1H3,(H,30,32)(H,31,33)/b29-16-. The van der Waals surface area contributed by atoms with Crippen molar-refractivity contribution < 1.29 is 19.1 Å². The number of nitrogens with one attached hydrogen (secondary N) is 2. The van der Waals surface area contributed by atoms with Crippen molar-refractivity contribution in [2.24, 2.45) is 5.10 Å². The normalized spacial score (nSPS) is 10.7. The van der Waals surface area contributed by atoms with Crippen LogP contribution in [-0.2, 0) is 16.2 Å². The molecular formula is C26H25Cl2N3O4. The molecule has 0 unspecified atom stereocenters. The van der Waals surface area contributed by atoms with Crippen molar-refractivity contribution in [3.05, 3.63) is 87.9 Å². The number of anilines is 1. The molecule has 3 aromatic rings. The van der Waals surface area contributed by atoms with Crippen molar-refractivity contribution in [1.82, 2.24) is 5.43 Å². The summed E-state index contributed by atoms with van der Waals surface area (Å²) in [4.78, 5) is 24.3. The number of ether oxygens (including phenoxy) is 2. The molecule has 0 aliphatic rings. The van der Waals surface area contributed by atoms with E-state index in [1.165, 1.54) is 6.21 Å². The number of hydrazone groups is 1. The average molecular weight is 514 g/mol. The van der Waals surface area contributed by atoms with Crippen LogP contribution in [0.2, 0.25) is 10.0 Å². The summed E-state index contributed by atoms with van der Waals surface area (Å²) in [7, 11) is 0. The van der Waals surface area contributed by atoms with Gasteiger partial charge in [-0.2, -0.15) is 5.10 Å². The van der Waals surface area contributed by atoms with Crippen LogP contribution in [0.1, 0.15) is 30.9 Å². The lowest BCUT2D eigenvalue weighted by molar-refractivity contribution is -0.136. The van der Waals surface area contributed by atoms with Crippen LogP contribution >= 0.6 is 23.2 Å². The van der Waals surface area contributed by atoms with Gasteiger partial charge >= 0.3 is 11.8 Å². The first-order valence-corrected chi connectivity index (χ1v) is 11.7. The maximum absolute atomic E-state index is 12.2. The highest BCUT2D eigenvalue weighted by Crippen LogP contribution is 2.24. The van der Waals surface area contributed by atoms with E-state index >= 15 is 0 Å². The van der Waals surface area contributed by atoms with Gasteiger partial charge in [0.2, 0.25) is 0 Å². The van der Waals surface area contributed by atoms with E-state index in [2.05, 4.69) is 22.8 Å². The minimum atomic E-state index is -0.907. The van der Waals surface area contributed by atoms with Crippen molar-refractivity contribution in [2.75, 3.05) is 11.9 Å². The first kappa shape index (κ1) is 26.1. The van der Waals surface area contributed by atoms with Gasteiger partial charge in [0, 0.05) is 26.9 Å². The van der Waals surface area contributed by atoms with Crippen LogP contribution in [0.15, 0.2) is 71.8 Å². The molecule has 0 saturated carbocycles. The zero-order valence-electron chi connectivity index (χ0n) is 19.1. The van der Waals surface area contributed by atoms with E-state index in [0.717, 1.165) is 18.4 Å². The van der Waals surface area contributed by atoms with Gasteiger partial charge in [0.25, 0.3) is 0 Å². The molecule has 3 rings (SSSR count). The van der Waals surface area contributed by atoms with E-state index in [1.54, 1.807) is 60.7 Å². The molecule has 0 bridgehead atoms. The van der Waals surface area contributed by atoms with Gasteiger partial charge in [-0.25, -0.2) is 5.43 Å². The monoisotopic (exact) mass is 513 g/mol. The Balaban J connectivity index is 1.52. The Morgan fingerprint density at radius 1 is 0.971 bits per heavy atom. The lowest BCUT2D eigenvalue weighted by Gasteiger charge is -2.10. The third-order valence-corrected chi connectivity index (χ3v) is 5.36. The number of benzene rings is 3. The fourth-order valence-electron chi connectivity index (χ4n) is 2.88. The van der Waals surface area contributed by atoms with Gasteiger partial charge < -0.3 is 14.8 Å². The second kappa shape index (κ2) is 13.4. The molecule has 2 amide bonds. The first-order valence-electron chi connectivity index (χ1n) is 11.0. The molecule has 2 N–H and O–H groups in total. The van der Waals surface area contributed by atoms with E-state index in [0.29, 0.717) is 39.4 Å². The number of para-hydroxylation sites is 1. The van der Waals surface area contributed by atoms with E-state index in [1.807, 2.05) is 6.07 Å². The van der Waals surface area contributed by atoms with Crippen LogP contribution in [0.3, 0.4) is 0 Å². The summed E-state index contributed by atoms with van der Waals surface area (Å²) in [5.74, 6) is -0.522. The number of unbranched alkanes of at least 4 members (excludes halogenated alkanes) is 1. The Kier molecular flexibility index (Phi) is 9.95. The third kappa shape index (κ3) is 8.31. The lowest BCUT2D eigenvalue weighted by atomic mass is 10.2. The van der Waals surface area contributed by atoms with Crippen LogP contribution in [0.4, 0.5) is 5.69 Å². The number of carbonyl (C=O) groups excluding carboxylic acids is 2. The van der Waals surface area contributed by atoms with Gasteiger partial charge in [0.05, 0.1) is 12.8 Å². The van der Waals surface area contributed by atoms with Gasteiger partial charge in [0.1, 0.15) is 18.1 Å². The van der Waals surface area contributed by atoms with Crippen molar-refractivity contribution in [2.45, 2.75) is 26.4 Å². The predicted octanol–water partition coefficient (Wildman–Crippen LogP) is 5.84. The Morgan fingerprint density at radius 3 is 2.49 bits per heavy atom. The summed E-state index contributed by atoms with van der Waals surface area (Å²) in [5, 5.41) is 7.43. The minimum absolute atomic E-state index is 0.220. The fourth-order valence-corrected chi connectivity index (χ4v) is 3.34. The SMILES string of the molecule is CCCCOc1ccc(NC(=O)C(=O)N/N=C\c2ccccc2OCc2ccc(Cl)cc2Cl)cc1. The Labute approximate surface area is 214 Å². The Morgan fingerprint density at radius 2 is 1.74 bits per heavy atom. The summed E-state index contributed by atoms with van der Waals surface area (Å²) in [6, 6.07) is 19.1. The number of amides is 2. The third-order valence-electron chi connectivity index (χ3n) is 4.77. The molecule has 182 valence electrons. The second-order valence-corrected chi connectivity index (χ2v) is 8.29. The molecule has 0 aliphatic heterocycles. The molecule has 7 nitrogen and oxygen atoms in total.